The molecule has 0 atom stereocenters. The van der Waals surface area contributed by atoms with Gasteiger partial charge >= 0.3 is 0 Å². The van der Waals surface area contributed by atoms with Crippen LogP contribution in [0.25, 0.3) is 97.3 Å². The van der Waals surface area contributed by atoms with Gasteiger partial charge in [0, 0.05) is 0 Å². The van der Waals surface area contributed by atoms with Crippen molar-refractivity contribution in [3.05, 3.63) is 131 Å². The van der Waals surface area contributed by atoms with Crippen molar-refractivity contribution in [1.82, 2.24) is 0 Å². The normalized spacial score (nSPS) is 13.7. The van der Waals surface area contributed by atoms with E-state index < -0.39 is 0 Å². The van der Waals surface area contributed by atoms with Crippen LogP contribution in [0.1, 0.15) is 105 Å². The van der Waals surface area contributed by atoms with Crippen LogP contribution in [-0.2, 0) is 21.7 Å². The van der Waals surface area contributed by atoms with Crippen LogP contribution in [0.15, 0.2) is 103 Å². The molecule has 0 spiro atoms. The standard InChI is InChI=1S/C56H53/c1-53(2,3)33-24-31-16-13-21-42-48(31)45(27-33)40-20-15-18-38-43(30-47(56(10,11)12)52(42)51(38)40)36-22-23-41-46-29-35(55(7,8)9)26-32-25-34(54(4,5)6)28-44(49(32)46)39-19-14-17-37(36)50(39)41/h13-22,24-30H,1-12H3. The lowest BCUT2D eigenvalue weighted by molar-refractivity contribution is 0.590. The van der Waals surface area contributed by atoms with E-state index in [0.717, 1.165) is 0 Å². The van der Waals surface area contributed by atoms with E-state index >= 15 is 0 Å². The first-order valence-corrected chi connectivity index (χ1v) is 20.6. The van der Waals surface area contributed by atoms with Crippen LogP contribution in [-0.4, -0.2) is 0 Å². The zero-order valence-corrected chi connectivity index (χ0v) is 35.3. The Morgan fingerprint density at radius 1 is 0.339 bits per heavy atom. The highest BCUT2D eigenvalue weighted by molar-refractivity contribution is 6.37. The molecule has 10 aromatic carbocycles. The van der Waals surface area contributed by atoms with E-state index in [1.165, 1.54) is 120 Å². The number of hydrogen-bond donors (Lipinski definition) is 0. The van der Waals surface area contributed by atoms with Gasteiger partial charge in [0.05, 0.1) is 0 Å². The van der Waals surface area contributed by atoms with Crippen molar-refractivity contribution in [2.75, 3.05) is 0 Å². The van der Waals surface area contributed by atoms with E-state index in [-0.39, 0.29) is 21.7 Å². The Morgan fingerprint density at radius 2 is 0.804 bits per heavy atom. The third-order valence-electron chi connectivity index (χ3n) is 13.0. The summed E-state index contributed by atoms with van der Waals surface area (Å²) in [5, 5.41) is 21.3. The topological polar surface area (TPSA) is 0 Å². The van der Waals surface area contributed by atoms with Crippen LogP contribution in [0, 0.1) is 6.07 Å². The van der Waals surface area contributed by atoms with Gasteiger partial charge in [-0.25, -0.2) is 0 Å². The predicted octanol–water partition coefficient (Wildman–Crippen LogP) is 16.4. The third-order valence-corrected chi connectivity index (χ3v) is 13.0. The summed E-state index contributed by atoms with van der Waals surface area (Å²) in [5.74, 6) is 0. The van der Waals surface area contributed by atoms with Crippen molar-refractivity contribution in [3.8, 4) is 11.1 Å². The Balaban J connectivity index is 1.39. The molecule has 0 nitrogen and oxygen atoms in total. The monoisotopic (exact) mass is 725 g/mol. The van der Waals surface area contributed by atoms with E-state index in [4.69, 9.17) is 0 Å². The summed E-state index contributed by atoms with van der Waals surface area (Å²) in [7, 11) is 0. The van der Waals surface area contributed by atoms with Gasteiger partial charge in [0.15, 0.2) is 0 Å². The first kappa shape index (κ1) is 35.2. The largest absolute Gasteiger partial charge is 0.0610 e. The first-order valence-electron chi connectivity index (χ1n) is 20.6. The minimum atomic E-state index is -0.0895. The third kappa shape index (κ3) is 4.97. The minimum absolute atomic E-state index is 0.0158. The maximum Gasteiger partial charge on any atom is -0.00133 e. The summed E-state index contributed by atoms with van der Waals surface area (Å²) in [6.07, 6.45) is 0. The van der Waals surface area contributed by atoms with E-state index in [2.05, 4.69) is 192 Å². The Morgan fingerprint density at radius 3 is 1.38 bits per heavy atom. The molecule has 0 aliphatic heterocycles. The fourth-order valence-corrected chi connectivity index (χ4v) is 9.87. The highest BCUT2D eigenvalue weighted by atomic mass is 14.3. The quantitative estimate of drug-likeness (QED) is 0.117. The molecular weight excluding hydrogens is 673 g/mol. The van der Waals surface area contributed by atoms with Gasteiger partial charge in [-0.1, -0.05) is 156 Å². The number of rotatable bonds is 1. The van der Waals surface area contributed by atoms with Gasteiger partial charge in [0.1, 0.15) is 0 Å². The average Bonchev–Trinajstić information content (AvgIpc) is 3.13. The second-order valence-electron chi connectivity index (χ2n) is 21.0. The molecular formula is C56H53. The maximum atomic E-state index is 3.98. The maximum absolute atomic E-state index is 3.98. The SMILES string of the molecule is CC(C)(C)c1cc2cc(C(C)(C)C)cc3c4cccc5c(-c6cc(C(C)(C)C)c7c8cccc9cc(C(C)(C)C)cc(c%10cccc6c%107)c98)c[c]c(c(c1)c23)c54. The van der Waals surface area contributed by atoms with Crippen molar-refractivity contribution < 1.29 is 0 Å². The molecule has 0 saturated heterocycles. The molecule has 1 radical (unpaired) electrons. The Labute approximate surface area is 332 Å². The summed E-state index contributed by atoms with van der Waals surface area (Å²) >= 11 is 0. The molecule has 0 heterocycles. The van der Waals surface area contributed by atoms with Crippen molar-refractivity contribution in [3.63, 3.8) is 0 Å². The molecule has 0 aliphatic rings. The van der Waals surface area contributed by atoms with Gasteiger partial charge in [0.25, 0.3) is 0 Å². The molecule has 0 fully saturated rings. The second-order valence-corrected chi connectivity index (χ2v) is 21.0. The molecule has 0 N–H and O–H groups in total. The summed E-state index contributed by atoms with van der Waals surface area (Å²) in [4.78, 5) is 0. The van der Waals surface area contributed by atoms with Crippen LogP contribution in [0.5, 0.6) is 0 Å². The lowest BCUT2D eigenvalue weighted by atomic mass is 9.75. The molecule has 0 saturated carbocycles. The van der Waals surface area contributed by atoms with Gasteiger partial charge in [-0.3, -0.25) is 0 Å². The zero-order chi connectivity index (χ0) is 39.4. The highest BCUT2D eigenvalue weighted by Crippen LogP contribution is 2.51. The average molecular weight is 726 g/mol. The molecule has 0 unspecified atom stereocenters. The van der Waals surface area contributed by atoms with Crippen LogP contribution in [0.3, 0.4) is 0 Å². The minimum Gasteiger partial charge on any atom is -0.0610 e. The molecule has 56 heavy (non-hydrogen) atoms. The molecule has 10 rings (SSSR count). The molecule has 0 heteroatoms. The van der Waals surface area contributed by atoms with Gasteiger partial charge in [-0.15, -0.1) is 0 Å². The molecule has 10 aromatic rings. The van der Waals surface area contributed by atoms with E-state index in [9.17, 15) is 0 Å². The van der Waals surface area contributed by atoms with E-state index in [1.807, 2.05) is 0 Å². The van der Waals surface area contributed by atoms with Crippen molar-refractivity contribution in [2.24, 2.45) is 0 Å². The summed E-state index contributed by atoms with van der Waals surface area (Å²) in [6.45, 7) is 28.2. The van der Waals surface area contributed by atoms with Crippen molar-refractivity contribution in [1.29, 1.82) is 0 Å². The van der Waals surface area contributed by atoms with E-state index in [1.54, 1.807) is 0 Å². The summed E-state index contributed by atoms with van der Waals surface area (Å²) in [5.41, 5.74) is 8.05. The van der Waals surface area contributed by atoms with Crippen LogP contribution in [0.4, 0.5) is 0 Å². The van der Waals surface area contributed by atoms with Gasteiger partial charge in [0.2, 0.25) is 0 Å². The lowest BCUT2D eigenvalue weighted by Gasteiger charge is -2.28. The van der Waals surface area contributed by atoms with Gasteiger partial charge in [-0.05, 0) is 178 Å². The van der Waals surface area contributed by atoms with Gasteiger partial charge in [-0.2, -0.15) is 0 Å². The molecule has 0 bridgehead atoms. The lowest BCUT2D eigenvalue weighted by Crippen LogP contribution is -2.13. The van der Waals surface area contributed by atoms with Crippen LogP contribution < -0.4 is 0 Å². The van der Waals surface area contributed by atoms with Crippen LogP contribution in [0.2, 0.25) is 0 Å². The number of benzene rings is 10. The summed E-state index contributed by atoms with van der Waals surface area (Å²) in [6, 6.07) is 44.6. The van der Waals surface area contributed by atoms with Gasteiger partial charge < -0.3 is 0 Å². The fourth-order valence-electron chi connectivity index (χ4n) is 9.87. The Kier molecular flexibility index (Phi) is 7.06. The highest BCUT2D eigenvalue weighted by Gasteiger charge is 2.28. The Bertz CT molecular complexity index is 3170. The molecule has 0 aliphatic carbocycles. The predicted molar refractivity (Wildman–Crippen MR) is 248 cm³/mol. The number of hydrogen-bond acceptors (Lipinski definition) is 0. The second kappa shape index (κ2) is 11.2. The molecule has 277 valence electrons. The fraction of sp³-hybridized carbons (Fsp3) is 0.286. The van der Waals surface area contributed by atoms with Crippen molar-refractivity contribution >= 4 is 86.2 Å². The number of fused-ring (bicyclic) bond motifs is 4. The zero-order valence-electron chi connectivity index (χ0n) is 35.3. The first-order chi connectivity index (χ1) is 26.3. The van der Waals surface area contributed by atoms with E-state index in [0.29, 0.717) is 0 Å². The Hall–Kier alpha value is -5.20. The smallest absolute Gasteiger partial charge is 0.00133 e. The van der Waals surface area contributed by atoms with Crippen LogP contribution >= 0.6 is 0 Å². The van der Waals surface area contributed by atoms with Crippen molar-refractivity contribution in [2.45, 2.75) is 105 Å². The summed E-state index contributed by atoms with van der Waals surface area (Å²) < 4.78 is 0. The molecule has 0 amide bonds. The molecule has 0 aromatic heterocycles.